The second kappa shape index (κ2) is 8.44. The lowest BCUT2D eigenvalue weighted by Gasteiger charge is -2.12. The Morgan fingerprint density at radius 1 is 1.27 bits per heavy atom. The van der Waals surface area contributed by atoms with Crippen molar-refractivity contribution in [3.8, 4) is 5.88 Å². The molecule has 2 rings (SSSR count). The average Bonchev–Trinajstić information content (AvgIpc) is 2.58. The maximum atomic E-state index is 12.1. The molecule has 1 unspecified atom stereocenters. The molecule has 22 heavy (non-hydrogen) atoms. The largest absolute Gasteiger partial charge is 0.481 e. The Balaban J connectivity index is 1.78. The summed E-state index contributed by atoms with van der Waals surface area (Å²) in [5, 5.41) is 2.85. The minimum atomic E-state index is -0.0936. The Hall–Kier alpha value is -2.01. The number of ether oxygens (including phenoxy) is 1. The average molecular weight is 316 g/mol. The first-order valence-electron chi connectivity index (χ1n) is 7.11. The number of benzene rings is 1. The Bertz CT molecular complexity index is 605. The fourth-order valence-corrected chi connectivity index (χ4v) is 2.75. The van der Waals surface area contributed by atoms with Gasteiger partial charge in [-0.1, -0.05) is 30.3 Å². The molecule has 116 valence electrons. The Morgan fingerprint density at radius 2 is 2.05 bits per heavy atom. The third-order valence-corrected chi connectivity index (χ3v) is 4.40. The lowest BCUT2D eigenvalue weighted by molar-refractivity contribution is -0.120. The van der Waals surface area contributed by atoms with Gasteiger partial charge in [-0.05, 0) is 24.1 Å². The van der Waals surface area contributed by atoms with E-state index in [2.05, 4.69) is 22.4 Å². The first-order chi connectivity index (χ1) is 10.7. The number of aromatic nitrogens is 1. The van der Waals surface area contributed by atoms with Gasteiger partial charge in [-0.2, -0.15) is 0 Å². The van der Waals surface area contributed by atoms with Crippen LogP contribution in [0.3, 0.4) is 0 Å². The number of rotatable bonds is 7. The highest BCUT2D eigenvalue weighted by atomic mass is 32.2. The topological polar surface area (TPSA) is 51.2 Å². The Kier molecular flexibility index (Phi) is 6.27. The van der Waals surface area contributed by atoms with Crippen molar-refractivity contribution in [3.05, 3.63) is 59.8 Å². The van der Waals surface area contributed by atoms with Crippen LogP contribution in [0.1, 0.15) is 18.1 Å². The molecule has 0 bridgehead atoms. The maximum absolute atomic E-state index is 12.1. The lowest BCUT2D eigenvalue weighted by atomic mass is 10.2. The van der Waals surface area contributed by atoms with Crippen LogP contribution >= 0.6 is 11.8 Å². The number of carbonyl (C=O) groups excluding carboxylic acids is 1. The molecule has 0 aliphatic carbocycles. The molecule has 0 spiro atoms. The quantitative estimate of drug-likeness (QED) is 0.853. The first kappa shape index (κ1) is 16.4. The second-order valence-electron chi connectivity index (χ2n) is 4.86. The summed E-state index contributed by atoms with van der Waals surface area (Å²) < 4.78 is 5.07. The minimum Gasteiger partial charge on any atom is -0.481 e. The number of amides is 1. The molecule has 0 aliphatic heterocycles. The molecule has 1 aromatic heterocycles. The van der Waals surface area contributed by atoms with Crippen LogP contribution in [-0.4, -0.2) is 23.3 Å². The molecule has 1 atom stereocenters. The van der Waals surface area contributed by atoms with Crippen molar-refractivity contribution in [2.45, 2.75) is 24.5 Å². The van der Waals surface area contributed by atoms with E-state index in [4.69, 9.17) is 4.74 Å². The number of thioether (sulfide) groups is 1. The van der Waals surface area contributed by atoms with E-state index >= 15 is 0 Å². The molecule has 1 amide bonds. The molecule has 1 N–H and O–H groups in total. The van der Waals surface area contributed by atoms with Crippen LogP contribution in [0.25, 0.3) is 0 Å². The molecule has 0 aliphatic rings. The van der Waals surface area contributed by atoms with E-state index in [0.717, 1.165) is 11.3 Å². The summed E-state index contributed by atoms with van der Waals surface area (Å²) >= 11 is 1.63. The predicted molar refractivity (Wildman–Crippen MR) is 89.8 cm³/mol. The molecule has 4 nitrogen and oxygen atoms in total. The fourth-order valence-electron chi connectivity index (χ4n) is 1.88. The van der Waals surface area contributed by atoms with Crippen LogP contribution < -0.4 is 10.1 Å². The van der Waals surface area contributed by atoms with Gasteiger partial charge in [0.2, 0.25) is 11.8 Å². The number of nitrogens with one attached hydrogen (secondary N) is 1. The molecule has 1 heterocycles. The summed E-state index contributed by atoms with van der Waals surface area (Å²) in [4.78, 5) is 16.2. The maximum Gasteiger partial charge on any atom is 0.233 e. The predicted octanol–water partition coefficient (Wildman–Crippen LogP) is 3.03. The van der Waals surface area contributed by atoms with Gasteiger partial charge in [0.05, 0.1) is 12.4 Å². The number of methoxy groups -OCH3 is 1. The number of pyridine rings is 1. The van der Waals surface area contributed by atoms with Gasteiger partial charge in [0.25, 0.3) is 0 Å². The Morgan fingerprint density at radius 3 is 2.77 bits per heavy atom. The summed E-state index contributed by atoms with van der Waals surface area (Å²) in [6.45, 7) is 2.41. The van der Waals surface area contributed by atoms with Crippen molar-refractivity contribution >= 4 is 17.7 Å². The second-order valence-corrected chi connectivity index (χ2v) is 6.19. The van der Waals surface area contributed by atoms with Crippen molar-refractivity contribution in [1.82, 2.24) is 10.3 Å². The van der Waals surface area contributed by atoms with Gasteiger partial charge in [-0.25, -0.2) is 4.98 Å². The number of carbonyl (C=O) groups is 1. The zero-order valence-electron chi connectivity index (χ0n) is 12.8. The van der Waals surface area contributed by atoms with Gasteiger partial charge in [-0.3, -0.25) is 4.79 Å². The van der Waals surface area contributed by atoms with E-state index < -0.39 is 0 Å². The molecule has 1 aromatic carbocycles. The molecular formula is C17H20N2O2S. The van der Waals surface area contributed by atoms with Crippen LogP contribution in [0.4, 0.5) is 0 Å². The summed E-state index contributed by atoms with van der Waals surface area (Å²) in [5.41, 5.74) is 2.20. The molecule has 0 saturated heterocycles. The van der Waals surface area contributed by atoms with Crippen molar-refractivity contribution in [1.29, 1.82) is 0 Å². The van der Waals surface area contributed by atoms with E-state index in [1.165, 1.54) is 5.56 Å². The highest BCUT2D eigenvalue weighted by molar-refractivity contribution is 7.99. The monoisotopic (exact) mass is 316 g/mol. The van der Waals surface area contributed by atoms with Gasteiger partial charge in [-0.15, -0.1) is 11.8 Å². The van der Waals surface area contributed by atoms with Gasteiger partial charge in [0.15, 0.2) is 0 Å². The lowest BCUT2D eigenvalue weighted by Crippen LogP contribution is -2.30. The van der Waals surface area contributed by atoms with Crippen LogP contribution in [0, 0.1) is 0 Å². The van der Waals surface area contributed by atoms with Gasteiger partial charge in [0, 0.05) is 24.6 Å². The molecule has 5 heteroatoms. The standard InChI is InChI=1S/C17H20N2O2S/c1-13(22-12-14-6-4-3-5-7-14)17(20)19-11-15-8-9-18-16(10-15)21-2/h3-10,13H,11-12H2,1-2H3,(H,19,20). The third-order valence-electron chi connectivity index (χ3n) is 3.19. The first-order valence-corrected chi connectivity index (χ1v) is 8.16. The van der Waals surface area contributed by atoms with E-state index in [-0.39, 0.29) is 11.2 Å². The molecule has 0 fully saturated rings. The number of hydrogen-bond donors (Lipinski definition) is 1. The van der Waals surface area contributed by atoms with E-state index in [9.17, 15) is 4.79 Å². The van der Waals surface area contributed by atoms with Crippen LogP contribution in [-0.2, 0) is 17.1 Å². The summed E-state index contributed by atoms with van der Waals surface area (Å²) in [6.07, 6.45) is 1.67. The van der Waals surface area contributed by atoms with E-state index in [0.29, 0.717) is 12.4 Å². The van der Waals surface area contributed by atoms with E-state index in [1.54, 1.807) is 25.1 Å². The van der Waals surface area contributed by atoms with Crippen molar-refractivity contribution < 1.29 is 9.53 Å². The number of nitrogens with zero attached hydrogens (tertiary/aromatic N) is 1. The summed E-state index contributed by atoms with van der Waals surface area (Å²) in [5.74, 6) is 1.42. The number of hydrogen-bond acceptors (Lipinski definition) is 4. The molecular weight excluding hydrogens is 296 g/mol. The minimum absolute atomic E-state index is 0.0386. The van der Waals surface area contributed by atoms with Crippen molar-refractivity contribution in [2.24, 2.45) is 0 Å². The SMILES string of the molecule is COc1cc(CNC(=O)C(C)SCc2ccccc2)ccn1. The highest BCUT2D eigenvalue weighted by Crippen LogP contribution is 2.17. The van der Waals surface area contributed by atoms with Gasteiger partial charge in [0.1, 0.15) is 0 Å². The summed E-state index contributed by atoms with van der Waals surface area (Å²) in [7, 11) is 1.58. The third kappa shape index (κ3) is 5.07. The zero-order valence-corrected chi connectivity index (χ0v) is 13.6. The van der Waals surface area contributed by atoms with Gasteiger partial charge >= 0.3 is 0 Å². The van der Waals surface area contributed by atoms with Crippen molar-refractivity contribution in [3.63, 3.8) is 0 Å². The van der Waals surface area contributed by atoms with Crippen LogP contribution in [0.5, 0.6) is 5.88 Å². The molecule has 0 saturated carbocycles. The van der Waals surface area contributed by atoms with Gasteiger partial charge < -0.3 is 10.1 Å². The molecule has 0 radical (unpaired) electrons. The fraction of sp³-hybridized carbons (Fsp3) is 0.294. The van der Waals surface area contributed by atoms with Crippen LogP contribution in [0.15, 0.2) is 48.7 Å². The Labute approximate surface area is 135 Å². The normalized spacial score (nSPS) is 11.7. The summed E-state index contributed by atoms with van der Waals surface area (Å²) in [6, 6.07) is 13.8. The van der Waals surface area contributed by atoms with Crippen molar-refractivity contribution in [2.75, 3.05) is 7.11 Å². The smallest absolute Gasteiger partial charge is 0.233 e. The zero-order chi connectivity index (χ0) is 15.8. The highest BCUT2D eigenvalue weighted by Gasteiger charge is 2.13. The van der Waals surface area contributed by atoms with Crippen LogP contribution in [0.2, 0.25) is 0 Å². The molecule has 2 aromatic rings. The van der Waals surface area contributed by atoms with E-state index in [1.807, 2.05) is 37.3 Å².